The third-order valence-corrected chi connectivity index (χ3v) is 3.13. The van der Waals surface area contributed by atoms with E-state index in [4.69, 9.17) is 14.2 Å². The number of ether oxygens (including phenoxy) is 3. The minimum absolute atomic E-state index is 0.484. The molecule has 0 aliphatic carbocycles. The molecule has 0 unspecified atom stereocenters. The van der Waals surface area contributed by atoms with Crippen molar-refractivity contribution in [2.75, 3.05) is 13.2 Å². The van der Waals surface area contributed by atoms with Gasteiger partial charge in [0.2, 0.25) is 0 Å². The first-order valence-corrected chi connectivity index (χ1v) is 7.33. The summed E-state index contributed by atoms with van der Waals surface area (Å²) >= 11 is 0. The topological polar surface area (TPSA) is 77.0 Å². The highest BCUT2D eigenvalue weighted by molar-refractivity contribution is 5.68. The number of hydrogen-bond donors (Lipinski definition) is 2. The molecular weight excluding hydrogens is 286 g/mol. The van der Waals surface area contributed by atoms with Crippen LogP contribution in [0.15, 0.2) is 18.2 Å². The Morgan fingerprint density at radius 3 is 2.55 bits per heavy atom. The van der Waals surface area contributed by atoms with Crippen molar-refractivity contribution in [2.45, 2.75) is 45.4 Å². The maximum Gasteiger partial charge on any atom is 0.407 e. The molecule has 1 aliphatic rings. The van der Waals surface area contributed by atoms with Crippen LogP contribution < -0.4 is 14.8 Å². The predicted molar refractivity (Wildman–Crippen MR) is 81.2 cm³/mol. The summed E-state index contributed by atoms with van der Waals surface area (Å²) in [5.41, 5.74) is 0.0685. The lowest BCUT2D eigenvalue weighted by atomic mass is 10.0. The SMILES string of the molecule is C[C@H](NC(=O)OC(C)(C)C)[C@H](O)c1ccc2c(c1)OCCO2. The van der Waals surface area contributed by atoms with E-state index in [1.54, 1.807) is 45.9 Å². The van der Waals surface area contributed by atoms with Gasteiger partial charge in [0, 0.05) is 0 Å². The minimum atomic E-state index is -0.872. The Hall–Kier alpha value is -1.95. The highest BCUT2D eigenvalue weighted by Gasteiger charge is 2.23. The predicted octanol–water partition coefficient (Wildman–Crippen LogP) is 2.40. The molecule has 0 saturated heterocycles. The van der Waals surface area contributed by atoms with Crippen LogP contribution in [0.2, 0.25) is 0 Å². The first-order chi connectivity index (χ1) is 10.3. The molecular formula is C16H23NO5. The van der Waals surface area contributed by atoms with Gasteiger partial charge in [0.15, 0.2) is 11.5 Å². The standard InChI is InChI=1S/C16H23NO5/c1-10(17-15(19)22-16(2,3)4)14(18)11-5-6-12-13(9-11)21-8-7-20-12/h5-6,9-10,14,18H,7-8H2,1-4H3,(H,17,19)/t10-,14-/m0/s1. The molecule has 1 aromatic rings. The summed E-state index contributed by atoms with van der Waals surface area (Å²) in [7, 11) is 0. The quantitative estimate of drug-likeness (QED) is 0.896. The van der Waals surface area contributed by atoms with E-state index in [1.807, 2.05) is 0 Å². The number of benzene rings is 1. The molecule has 0 spiro atoms. The molecule has 1 heterocycles. The molecule has 22 heavy (non-hydrogen) atoms. The van der Waals surface area contributed by atoms with E-state index in [9.17, 15) is 9.90 Å². The monoisotopic (exact) mass is 309 g/mol. The van der Waals surface area contributed by atoms with Crippen LogP contribution in [0.1, 0.15) is 39.4 Å². The fraction of sp³-hybridized carbons (Fsp3) is 0.562. The third kappa shape index (κ3) is 4.27. The van der Waals surface area contributed by atoms with Gasteiger partial charge in [-0.3, -0.25) is 0 Å². The van der Waals surface area contributed by atoms with Gasteiger partial charge in [0.25, 0.3) is 0 Å². The molecule has 1 aromatic carbocycles. The molecule has 6 nitrogen and oxygen atoms in total. The molecule has 6 heteroatoms. The number of aliphatic hydroxyl groups excluding tert-OH is 1. The number of amides is 1. The maximum absolute atomic E-state index is 11.7. The van der Waals surface area contributed by atoms with Crippen LogP contribution in [0.4, 0.5) is 4.79 Å². The van der Waals surface area contributed by atoms with Crippen molar-refractivity contribution in [3.63, 3.8) is 0 Å². The number of nitrogens with one attached hydrogen (secondary N) is 1. The van der Waals surface area contributed by atoms with Gasteiger partial charge in [-0.05, 0) is 45.4 Å². The van der Waals surface area contributed by atoms with Crippen molar-refractivity contribution >= 4 is 6.09 Å². The van der Waals surface area contributed by atoms with Gasteiger partial charge < -0.3 is 24.6 Å². The first-order valence-electron chi connectivity index (χ1n) is 7.33. The highest BCUT2D eigenvalue weighted by atomic mass is 16.6. The summed E-state index contributed by atoms with van der Waals surface area (Å²) in [6, 6.07) is 4.74. The van der Waals surface area contributed by atoms with Crippen LogP contribution in [0, 0.1) is 0 Å². The molecule has 0 bridgehead atoms. The molecule has 122 valence electrons. The van der Waals surface area contributed by atoms with E-state index < -0.39 is 23.8 Å². The molecule has 2 rings (SSSR count). The second-order valence-electron chi connectivity index (χ2n) is 6.28. The van der Waals surface area contributed by atoms with E-state index in [0.29, 0.717) is 30.3 Å². The number of aliphatic hydroxyl groups is 1. The van der Waals surface area contributed by atoms with Crippen LogP contribution in [-0.4, -0.2) is 36.1 Å². The Labute approximate surface area is 130 Å². The highest BCUT2D eigenvalue weighted by Crippen LogP contribution is 2.33. The van der Waals surface area contributed by atoms with Gasteiger partial charge in [-0.2, -0.15) is 0 Å². The molecule has 0 aromatic heterocycles. The lowest BCUT2D eigenvalue weighted by Crippen LogP contribution is -2.40. The summed E-state index contributed by atoms with van der Waals surface area (Å²) in [4.78, 5) is 11.7. The van der Waals surface area contributed by atoms with Crippen LogP contribution >= 0.6 is 0 Å². The van der Waals surface area contributed by atoms with Crippen LogP contribution in [-0.2, 0) is 4.74 Å². The molecule has 0 radical (unpaired) electrons. The van der Waals surface area contributed by atoms with Crippen molar-refractivity contribution in [1.82, 2.24) is 5.32 Å². The van der Waals surface area contributed by atoms with Gasteiger partial charge in [-0.15, -0.1) is 0 Å². The Kier molecular flexibility index (Phi) is 4.81. The molecule has 2 N–H and O–H groups in total. The molecule has 1 amide bonds. The Morgan fingerprint density at radius 1 is 1.27 bits per heavy atom. The second-order valence-corrected chi connectivity index (χ2v) is 6.28. The van der Waals surface area contributed by atoms with Gasteiger partial charge in [-0.25, -0.2) is 4.79 Å². The minimum Gasteiger partial charge on any atom is -0.486 e. The number of hydrogen-bond acceptors (Lipinski definition) is 5. The van der Waals surface area contributed by atoms with Crippen molar-refractivity contribution in [1.29, 1.82) is 0 Å². The zero-order valence-corrected chi connectivity index (χ0v) is 13.4. The Morgan fingerprint density at radius 2 is 1.91 bits per heavy atom. The molecule has 1 aliphatic heterocycles. The lowest BCUT2D eigenvalue weighted by Gasteiger charge is -2.25. The Balaban J connectivity index is 2.01. The van der Waals surface area contributed by atoms with Gasteiger partial charge in [0.05, 0.1) is 12.1 Å². The smallest absolute Gasteiger partial charge is 0.407 e. The summed E-state index contributed by atoms with van der Waals surface area (Å²) in [6.45, 7) is 8.08. The van der Waals surface area contributed by atoms with E-state index in [2.05, 4.69) is 5.32 Å². The zero-order valence-electron chi connectivity index (χ0n) is 13.4. The van der Waals surface area contributed by atoms with E-state index >= 15 is 0 Å². The van der Waals surface area contributed by atoms with Crippen LogP contribution in [0.5, 0.6) is 11.5 Å². The van der Waals surface area contributed by atoms with Gasteiger partial charge in [-0.1, -0.05) is 6.07 Å². The van der Waals surface area contributed by atoms with Crippen LogP contribution in [0.25, 0.3) is 0 Å². The maximum atomic E-state index is 11.7. The number of carbonyl (C=O) groups is 1. The van der Waals surface area contributed by atoms with E-state index in [0.717, 1.165) is 0 Å². The summed E-state index contributed by atoms with van der Waals surface area (Å²) in [5, 5.41) is 13.0. The summed E-state index contributed by atoms with van der Waals surface area (Å²) in [5.74, 6) is 1.27. The van der Waals surface area contributed by atoms with Crippen LogP contribution in [0.3, 0.4) is 0 Å². The fourth-order valence-electron chi connectivity index (χ4n) is 2.10. The van der Waals surface area contributed by atoms with Crippen molar-refractivity contribution in [3.8, 4) is 11.5 Å². The zero-order chi connectivity index (χ0) is 16.3. The second kappa shape index (κ2) is 6.44. The molecule has 0 fully saturated rings. The lowest BCUT2D eigenvalue weighted by molar-refractivity contribution is 0.0435. The largest absolute Gasteiger partial charge is 0.486 e. The number of alkyl carbamates (subject to hydrolysis) is 1. The third-order valence-electron chi connectivity index (χ3n) is 3.13. The average Bonchev–Trinajstić information content (AvgIpc) is 2.43. The van der Waals surface area contributed by atoms with E-state index in [1.165, 1.54) is 0 Å². The van der Waals surface area contributed by atoms with Crippen molar-refractivity contribution < 1.29 is 24.1 Å². The summed E-state index contributed by atoms with van der Waals surface area (Å²) in [6.07, 6.45) is -1.43. The normalized spacial score (nSPS) is 16.6. The number of rotatable bonds is 3. The number of carbonyl (C=O) groups excluding carboxylic acids is 1. The first kappa shape index (κ1) is 16.4. The van der Waals surface area contributed by atoms with Crippen molar-refractivity contribution in [3.05, 3.63) is 23.8 Å². The van der Waals surface area contributed by atoms with E-state index in [-0.39, 0.29) is 0 Å². The van der Waals surface area contributed by atoms with Gasteiger partial charge >= 0.3 is 6.09 Å². The average molecular weight is 309 g/mol. The van der Waals surface area contributed by atoms with Crippen molar-refractivity contribution in [2.24, 2.45) is 0 Å². The Bertz CT molecular complexity index is 538. The summed E-state index contributed by atoms with van der Waals surface area (Å²) < 4.78 is 16.1. The molecule has 2 atom stereocenters. The molecule has 0 saturated carbocycles. The van der Waals surface area contributed by atoms with Gasteiger partial charge in [0.1, 0.15) is 18.8 Å². The fourth-order valence-corrected chi connectivity index (χ4v) is 2.10. The number of fused-ring (bicyclic) bond motifs is 1.